The second-order valence-corrected chi connectivity index (χ2v) is 8.44. The van der Waals surface area contributed by atoms with Crippen molar-refractivity contribution in [2.75, 3.05) is 11.5 Å². The zero-order valence-corrected chi connectivity index (χ0v) is 13.1. The van der Waals surface area contributed by atoms with E-state index in [0.717, 1.165) is 19.3 Å². The van der Waals surface area contributed by atoms with E-state index in [1.807, 2.05) is 23.5 Å². The number of hydrogen-bond donors (Lipinski definition) is 0. The lowest BCUT2D eigenvalue weighted by molar-refractivity contribution is -0.122. The standard InChI is InChI=1S/C17H18OS2/c18-15-13(16-19-9-10-20-16)7-4-8-17(15)11-14(17)12-5-2-1-3-6-12/h1-3,5-6,14H,4,7-11H2/t14-,17-/m1/s1. The molecule has 1 aliphatic heterocycles. The van der Waals surface area contributed by atoms with E-state index >= 15 is 0 Å². The van der Waals surface area contributed by atoms with Crippen LogP contribution in [0.3, 0.4) is 0 Å². The van der Waals surface area contributed by atoms with Crippen LogP contribution in [-0.4, -0.2) is 17.3 Å². The number of allylic oxidation sites excluding steroid dienone is 1. The zero-order valence-electron chi connectivity index (χ0n) is 11.4. The second kappa shape index (κ2) is 4.96. The Bertz CT molecular complexity index is 570. The average molecular weight is 302 g/mol. The summed E-state index contributed by atoms with van der Waals surface area (Å²) in [5.74, 6) is 3.30. The van der Waals surface area contributed by atoms with Gasteiger partial charge in [-0.25, -0.2) is 0 Å². The molecule has 104 valence electrons. The van der Waals surface area contributed by atoms with Gasteiger partial charge in [-0.15, -0.1) is 23.5 Å². The van der Waals surface area contributed by atoms with Crippen LogP contribution in [0.1, 0.15) is 37.2 Å². The summed E-state index contributed by atoms with van der Waals surface area (Å²) in [5.41, 5.74) is 2.49. The number of thioether (sulfide) groups is 2. The molecule has 3 heteroatoms. The van der Waals surface area contributed by atoms with E-state index < -0.39 is 0 Å². The molecule has 2 saturated carbocycles. The van der Waals surface area contributed by atoms with Crippen molar-refractivity contribution >= 4 is 29.3 Å². The Balaban J connectivity index is 1.64. The lowest BCUT2D eigenvalue weighted by Gasteiger charge is -2.25. The van der Waals surface area contributed by atoms with Crippen LogP contribution < -0.4 is 0 Å². The van der Waals surface area contributed by atoms with Crippen molar-refractivity contribution in [2.45, 2.75) is 31.6 Å². The quantitative estimate of drug-likeness (QED) is 0.705. The third-order valence-electron chi connectivity index (χ3n) is 4.85. The van der Waals surface area contributed by atoms with Crippen LogP contribution in [0.4, 0.5) is 0 Å². The third-order valence-corrected chi connectivity index (χ3v) is 7.65. The number of Topliss-reactive ketones (excluding diaryl/α,β-unsaturated/α-hetero) is 1. The van der Waals surface area contributed by atoms with E-state index in [9.17, 15) is 4.79 Å². The van der Waals surface area contributed by atoms with Crippen LogP contribution in [0.5, 0.6) is 0 Å². The van der Waals surface area contributed by atoms with Gasteiger partial charge in [-0.2, -0.15) is 0 Å². The molecular weight excluding hydrogens is 284 g/mol. The normalized spacial score (nSPS) is 33.0. The molecule has 4 rings (SSSR count). The topological polar surface area (TPSA) is 17.1 Å². The predicted molar refractivity (Wildman–Crippen MR) is 87.0 cm³/mol. The smallest absolute Gasteiger partial charge is 0.167 e. The summed E-state index contributed by atoms with van der Waals surface area (Å²) < 4.78 is 1.34. The minimum atomic E-state index is -0.0361. The van der Waals surface area contributed by atoms with E-state index in [1.54, 1.807) is 0 Å². The van der Waals surface area contributed by atoms with Crippen LogP contribution in [0, 0.1) is 5.41 Å². The molecule has 2 atom stereocenters. The fourth-order valence-corrected chi connectivity index (χ4v) is 6.35. The van der Waals surface area contributed by atoms with E-state index in [1.165, 1.54) is 33.3 Å². The van der Waals surface area contributed by atoms with Gasteiger partial charge in [-0.3, -0.25) is 4.79 Å². The number of ketones is 1. The Labute approximate surface area is 128 Å². The molecule has 20 heavy (non-hydrogen) atoms. The van der Waals surface area contributed by atoms with E-state index in [2.05, 4.69) is 30.3 Å². The van der Waals surface area contributed by atoms with Gasteiger partial charge in [0.05, 0.1) is 0 Å². The first kappa shape index (κ1) is 13.0. The molecule has 1 spiro atoms. The molecule has 1 nitrogen and oxygen atoms in total. The van der Waals surface area contributed by atoms with Gasteiger partial charge >= 0.3 is 0 Å². The lowest BCUT2D eigenvalue weighted by atomic mass is 9.79. The van der Waals surface area contributed by atoms with Crippen LogP contribution in [0.25, 0.3) is 0 Å². The van der Waals surface area contributed by atoms with Crippen molar-refractivity contribution in [3.8, 4) is 0 Å². The number of hydrogen-bond acceptors (Lipinski definition) is 3. The SMILES string of the molecule is O=C1C(=C2SCCS2)CCC[C@]12C[C@@H]2c1ccccc1. The summed E-state index contributed by atoms with van der Waals surface area (Å²) in [7, 11) is 0. The van der Waals surface area contributed by atoms with E-state index in [4.69, 9.17) is 0 Å². The molecule has 0 N–H and O–H groups in total. The number of benzene rings is 1. The summed E-state index contributed by atoms with van der Waals surface area (Å²) in [6.07, 6.45) is 4.37. The van der Waals surface area contributed by atoms with Crippen molar-refractivity contribution in [3.63, 3.8) is 0 Å². The van der Waals surface area contributed by atoms with Gasteiger partial charge in [-0.05, 0) is 37.2 Å². The maximum absolute atomic E-state index is 13.0. The van der Waals surface area contributed by atoms with E-state index in [-0.39, 0.29) is 5.41 Å². The largest absolute Gasteiger partial charge is 0.294 e. The van der Waals surface area contributed by atoms with Gasteiger partial charge in [-0.1, -0.05) is 30.3 Å². The molecule has 0 radical (unpaired) electrons. The maximum Gasteiger partial charge on any atom is 0.167 e. The van der Waals surface area contributed by atoms with Gasteiger partial charge in [0.25, 0.3) is 0 Å². The van der Waals surface area contributed by atoms with Crippen molar-refractivity contribution in [2.24, 2.45) is 5.41 Å². The maximum atomic E-state index is 13.0. The van der Waals surface area contributed by atoms with Crippen LogP contribution in [0.15, 0.2) is 40.1 Å². The zero-order chi connectivity index (χ0) is 13.6. The summed E-state index contributed by atoms with van der Waals surface area (Å²) in [4.78, 5) is 13.0. The number of carbonyl (C=O) groups is 1. The van der Waals surface area contributed by atoms with Crippen molar-refractivity contribution in [1.29, 1.82) is 0 Å². The van der Waals surface area contributed by atoms with Gasteiger partial charge in [0.15, 0.2) is 5.78 Å². The van der Waals surface area contributed by atoms with Gasteiger partial charge in [0.2, 0.25) is 0 Å². The van der Waals surface area contributed by atoms with Crippen LogP contribution >= 0.6 is 23.5 Å². The fraction of sp³-hybridized carbons (Fsp3) is 0.471. The highest BCUT2D eigenvalue weighted by Crippen LogP contribution is 2.66. The molecule has 0 bridgehead atoms. The molecule has 1 heterocycles. The van der Waals surface area contributed by atoms with Crippen LogP contribution in [-0.2, 0) is 4.79 Å². The highest BCUT2D eigenvalue weighted by Gasteiger charge is 2.61. The van der Waals surface area contributed by atoms with Crippen LogP contribution in [0.2, 0.25) is 0 Å². The Kier molecular flexibility index (Phi) is 3.23. The monoisotopic (exact) mass is 302 g/mol. The summed E-state index contributed by atoms with van der Waals surface area (Å²) in [6, 6.07) is 10.6. The molecule has 1 saturated heterocycles. The Hall–Kier alpha value is -0.670. The predicted octanol–water partition coefficient (Wildman–Crippen LogP) is 4.60. The Morgan fingerprint density at radius 1 is 1.10 bits per heavy atom. The molecule has 0 amide bonds. The summed E-state index contributed by atoms with van der Waals surface area (Å²) >= 11 is 3.80. The minimum absolute atomic E-state index is 0.0361. The highest BCUT2D eigenvalue weighted by atomic mass is 32.2. The third kappa shape index (κ3) is 1.98. The minimum Gasteiger partial charge on any atom is -0.294 e. The lowest BCUT2D eigenvalue weighted by Crippen LogP contribution is -2.25. The van der Waals surface area contributed by atoms with Crippen molar-refractivity contribution in [3.05, 3.63) is 45.7 Å². The molecule has 0 unspecified atom stereocenters. The first-order valence-corrected chi connectivity index (χ1v) is 9.37. The molecule has 1 aromatic carbocycles. The molecule has 3 aliphatic rings. The number of carbonyl (C=O) groups excluding carboxylic acids is 1. The first-order valence-electron chi connectivity index (χ1n) is 7.40. The Morgan fingerprint density at radius 3 is 2.60 bits per heavy atom. The molecule has 1 aromatic rings. The highest BCUT2D eigenvalue weighted by molar-refractivity contribution is 8.25. The summed E-state index contributed by atoms with van der Waals surface area (Å²) in [5, 5.41) is 0. The Morgan fingerprint density at radius 2 is 1.85 bits per heavy atom. The molecular formula is C17H18OS2. The van der Waals surface area contributed by atoms with Gasteiger partial charge in [0.1, 0.15) is 0 Å². The molecule has 0 aromatic heterocycles. The van der Waals surface area contributed by atoms with Gasteiger partial charge < -0.3 is 0 Å². The number of rotatable bonds is 1. The molecule has 3 fully saturated rings. The van der Waals surface area contributed by atoms with E-state index in [0.29, 0.717) is 11.7 Å². The average Bonchev–Trinajstić information content (AvgIpc) is 2.95. The van der Waals surface area contributed by atoms with Crippen molar-refractivity contribution < 1.29 is 4.79 Å². The molecule has 2 aliphatic carbocycles. The van der Waals surface area contributed by atoms with Gasteiger partial charge in [0, 0.05) is 26.7 Å². The fourth-order valence-electron chi connectivity index (χ4n) is 3.74. The second-order valence-electron chi connectivity index (χ2n) is 5.97. The summed E-state index contributed by atoms with van der Waals surface area (Å²) in [6.45, 7) is 0. The first-order chi connectivity index (χ1) is 9.81. The van der Waals surface area contributed by atoms with Crippen molar-refractivity contribution in [1.82, 2.24) is 0 Å².